The first-order valence-electron chi connectivity index (χ1n) is 5.93. The van der Waals surface area contributed by atoms with Crippen molar-refractivity contribution < 1.29 is 4.79 Å². The molecule has 17 heavy (non-hydrogen) atoms. The number of pyridine rings is 1. The number of aromatic nitrogens is 1. The van der Waals surface area contributed by atoms with Crippen molar-refractivity contribution in [2.75, 3.05) is 13.1 Å². The third kappa shape index (κ3) is 3.14. The van der Waals surface area contributed by atoms with Gasteiger partial charge in [-0.05, 0) is 25.0 Å². The van der Waals surface area contributed by atoms with Crippen molar-refractivity contribution in [1.29, 1.82) is 0 Å². The van der Waals surface area contributed by atoms with Crippen LogP contribution in [0, 0.1) is 0 Å². The van der Waals surface area contributed by atoms with Gasteiger partial charge in [0.05, 0.1) is 0 Å². The number of nitrogens with one attached hydrogen (secondary N) is 1. The van der Waals surface area contributed by atoms with Gasteiger partial charge < -0.3 is 0 Å². The highest BCUT2D eigenvalue weighted by Gasteiger charge is 2.14. The van der Waals surface area contributed by atoms with Crippen LogP contribution in [0.25, 0.3) is 0 Å². The molecule has 4 nitrogen and oxygen atoms in total. The Kier molecular flexibility index (Phi) is 3.88. The van der Waals surface area contributed by atoms with Gasteiger partial charge >= 0.3 is 0 Å². The fourth-order valence-electron chi connectivity index (χ4n) is 1.88. The van der Waals surface area contributed by atoms with E-state index < -0.39 is 0 Å². The Morgan fingerprint density at radius 1 is 1.47 bits per heavy atom. The summed E-state index contributed by atoms with van der Waals surface area (Å²) >= 11 is 0. The second-order valence-electron chi connectivity index (χ2n) is 4.10. The van der Waals surface area contributed by atoms with Crippen LogP contribution in [-0.4, -0.2) is 29.0 Å². The molecule has 0 aromatic carbocycles. The summed E-state index contributed by atoms with van der Waals surface area (Å²) in [6.45, 7) is 3.84. The fourth-order valence-corrected chi connectivity index (χ4v) is 1.88. The van der Waals surface area contributed by atoms with Gasteiger partial charge in [-0.3, -0.25) is 15.2 Å². The van der Waals surface area contributed by atoms with Gasteiger partial charge in [-0.2, -0.15) is 0 Å². The molecule has 1 aromatic heterocycles. The van der Waals surface area contributed by atoms with E-state index in [1.807, 2.05) is 5.01 Å². The molecule has 4 heteroatoms. The van der Waals surface area contributed by atoms with Crippen LogP contribution in [0.3, 0.4) is 0 Å². The van der Waals surface area contributed by atoms with Gasteiger partial charge in [-0.25, -0.2) is 5.01 Å². The maximum absolute atomic E-state index is 11.9. The molecule has 1 N–H and O–H groups in total. The highest BCUT2D eigenvalue weighted by atomic mass is 16.2. The number of hydrogen-bond acceptors (Lipinski definition) is 3. The summed E-state index contributed by atoms with van der Waals surface area (Å²) in [6.07, 6.45) is 7.56. The Morgan fingerprint density at radius 3 is 2.94 bits per heavy atom. The van der Waals surface area contributed by atoms with Crippen LogP contribution in [0.5, 0.6) is 0 Å². The molecule has 0 fully saturated rings. The van der Waals surface area contributed by atoms with E-state index in [9.17, 15) is 4.79 Å². The molecule has 0 radical (unpaired) electrons. The number of amides is 1. The molecule has 0 atom stereocenters. The monoisotopic (exact) mass is 231 g/mol. The average molecular weight is 231 g/mol. The minimum absolute atomic E-state index is 0.0650. The van der Waals surface area contributed by atoms with Gasteiger partial charge in [0.15, 0.2) is 0 Å². The lowest BCUT2D eigenvalue weighted by molar-refractivity contribution is 0.0798. The molecular weight excluding hydrogens is 214 g/mol. The number of nitrogens with zero attached hydrogens (tertiary/aromatic N) is 2. The molecule has 90 valence electrons. The standard InChI is InChI=1S/C13H17N3O/c1-2-11-4-3-9-16(10-11)15-13(17)12-5-7-14-8-6-12/h4-8H,2-3,9-10H2,1H3,(H,15,17). The van der Waals surface area contributed by atoms with Crippen molar-refractivity contribution in [2.24, 2.45) is 0 Å². The third-order valence-electron chi connectivity index (χ3n) is 2.88. The smallest absolute Gasteiger partial charge is 0.265 e. The Morgan fingerprint density at radius 2 is 2.24 bits per heavy atom. The first-order valence-corrected chi connectivity index (χ1v) is 5.93. The summed E-state index contributed by atoms with van der Waals surface area (Å²) in [5.41, 5.74) is 4.95. The summed E-state index contributed by atoms with van der Waals surface area (Å²) in [7, 11) is 0. The second kappa shape index (κ2) is 5.59. The van der Waals surface area contributed by atoms with Crippen LogP contribution in [-0.2, 0) is 0 Å². The van der Waals surface area contributed by atoms with Gasteiger partial charge in [0.1, 0.15) is 0 Å². The van der Waals surface area contributed by atoms with E-state index in [0.717, 1.165) is 25.9 Å². The third-order valence-corrected chi connectivity index (χ3v) is 2.88. The Hall–Kier alpha value is -1.68. The van der Waals surface area contributed by atoms with Crippen molar-refractivity contribution in [3.05, 3.63) is 41.7 Å². The van der Waals surface area contributed by atoms with Gasteiger partial charge in [0.25, 0.3) is 5.91 Å². The van der Waals surface area contributed by atoms with E-state index in [2.05, 4.69) is 23.4 Å². The fraction of sp³-hybridized carbons (Fsp3) is 0.385. The molecule has 1 aliphatic rings. The van der Waals surface area contributed by atoms with E-state index in [0.29, 0.717) is 5.56 Å². The van der Waals surface area contributed by atoms with E-state index >= 15 is 0 Å². The van der Waals surface area contributed by atoms with Gasteiger partial charge in [-0.1, -0.05) is 18.6 Å². The van der Waals surface area contributed by atoms with Crippen molar-refractivity contribution in [3.63, 3.8) is 0 Å². The van der Waals surface area contributed by atoms with Gasteiger partial charge in [-0.15, -0.1) is 0 Å². The SMILES string of the molecule is CCC1=CCCN(NC(=O)c2ccncc2)C1. The van der Waals surface area contributed by atoms with E-state index in [-0.39, 0.29) is 5.91 Å². The molecule has 0 aliphatic carbocycles. The highest BCUT2D eigenvalue weighted by Crippen LogP contribution is 2.10. The molecule has 1 amide bonds. The van der Waals surface area contributed by atoms with E-state index in [1.54, 1.807) is 24.5 Å². The number of hydrazine groups is 1. The lowest BCUT2D eigenvalue weighted by Gasteiger charge is -2.27. The molecule has 2 rings (SSSR count). The second-order valence-corrected chi connectivity index (χ2v) is 4.10. The van der Waals surface area contributed by atoms with Crippen LogP contribution in [0.1, 0.15) is 30.1 Å². The molecule has 2 heterocycles. The zero-order chi connectivity index (χ0) is 12.1. The summed E-state index contributed by atoms with van der Waals surface area (Å²) in [6, 6.07) is 3.44. The topological polar surface area (TPSA) is 45.2 Å². The summed E-state index contributed by atoms with van der Waals surface area (Å²) in [5.74, 6) is -0.0650. The Bertz CT molecular complexity index is 414. The van der Waals surface area contributed by atoms with Crippen molar-refractivity contribution in [3.8, 4) is 0 Å². The number of rotatable bonds is 3. The molecule has 1 aromatic rings. The van der Waals surface area contributed by atoms with Gasteiger partial charge in [0, 0.05) is 31.0 Å². The Labute approximate surface area is 101 Å². The van der Waals surface area contributed by atoms with Crippen LogP contribution >= 0.6 is 0 Å². The molecule has 0 unspecified atom stereocenters. The van der Waals surface area contributed by atoms with Crippen LogP contribution in [0.15, 0.2) is 36.2 Å². The summed E-state index contributed by atoms with van der Waals surface area (Å²) in [4.78, 5) is 15.8. The first kappa shape index (κ1) is 11.8. The zero-order valence-corrected chi connectivity index (χ0v) is 10.0. The molecule has 0 saturated carbocycles. The molecule has 0 bridgehead atoms. The van der Waals surface area contributed by atoms with Crippen LogP contribution in [0.4, 0.5) is 0 Å². The zero-order valence-electron chi connectivity index (χ0n) is 10.0. The van der Waals surface area contributed by atoms with Gasteiger partial charge in [0.2, 0.25) is 0 Å². The minimum Gasteiger partial charge on any atom is -0.284 e. The number of hydrogen-bond donors (Lipinski definition) is 1. The Balaban J connectivity index is 1.94. The van der Waals surface area contributed by atoms with Crippen LogP contribution < -0.4 is 5.43 Å². The maximum atomic E-state index is 11.9. The minimum atomic E-state index is -0.0650. The van der Waals surface area contributed by atoms with E-state index in [1.165, 1.54) is 5.57 Å². The first-order chi connectivity index (χ1) is 8.29. The quantitative estimate of drug-likeness (QED) is 0.806. The summed E-state index contributed by atoms with van der Waals surface area (Å²) in [5, 5.41) is 1.97. The lowest BCUT2D eigenvalue weighted by Crippen LogP contribution is -2.45. The maximum Gasteiger partial charge on any atom is 0.265 e. The largest absolute Gasteiger partial charge is 0.284 e. The van der Waals surface area contributed by atoms with Crippen LogP contribution in [0.2, 0.25) is 0 Å². The van der Waals surface area contributed by atoms with E-state index in [4.69, 9.17) is 0 Å². The van der Waals surface area contributed by atoms with Crippen molar-refractivity contribution in [2.45, 2.75) is 19.8 Å². The molecule has 0 saturated heterocycles. The van der Waals surface area contributed by atoms with Crippen molar-refractivity contribution in [1.82, 2.24) is 15.4 Å². The average Bonchev–Trinajstić information content (AvgIpc) is 2.40. The molecule has 0 spiro atoms. The number of carbonyl (C=O) groups is 1. The normalized spacial score (nSPS) is 16.4. The predicted molar refractivity (Wildman–Crippen MR) is 66.3 cm³/mol. The molecule has 1 aliphatic heterocycles. The summed E-state index contributed by atoms with van der Waals surface area (Å²) < 4.78 is 0. The van der Waals surface area contributed by atoms with Crippen molar-refractivity contribution >= 4 is 5.91 Å². The number of carbonyl (C=O) groups excluding carboxylic acids is 1. The predicted octanol–water partition coefficient (Wildman–Crippen LogP) is 1.77. The highest BCUT2D eigenvalue weighted by molar-refractivity contribution is 5.93. The lowest BCUT2D eigenvalue weighted by atomic mass is 10.1. The molecular formula is C13H17N3O.